The van der Waals surface area contributed by atoms with Crippen molar-refractivity contribution >= 4 is 11.8 Å². The highest BCUT2D eigenvalue weighted by atomic mass is 16.3. The van der Waals surface area contributed by atoms with Crippen LogP contribution < -0.4 is 0 Å². The second-order valence-electron chi connectivity index (χ2n) is 2.01. The molecular formula is C5H7NO3. The summed E-state index contributed by atoms with van der Waals surface area (Å²) in [5, 5.41) is 8.73. The molecule has 1 heterocycles. The zero-order valence-electron chi connectivity index (χ0n) is 5.00. The first kappa shape index (κ1) is 6.22. The average molecular weight is 129 g/mol. The van der Waals surface area contributed by atoms with E-state index in [4.69, 9.17) is 5.11 Å². The molecule has 9 heavy (non-hydrogen) atoms. The number of rotatable bonds is 0. The number of aliphatic hydroxyl groups excluding tert-OH is 1. The molecule has 1 saturated heterocycles. The molecule has 4 nitrogen and oxygen atoms in total. The van der Waals surface area contributed by atoms with Crippen LogP contribution in [0.1, 0.15) is 6.42 Å². The summed E-state index contributed by atoms with van der Waals surface area (Å²) in [6.45, 7) is 0. The van der Waals surface area contributed by atoms with Crippen molar-refractivity contribution in [3.8, 4) is 0 Å². The van der Waals surface area contributed by atoms with Crippen molar-refractivity contribution in [3.05, 3.63) is 0 Å². The van der Waals surface area contributed by atoms with Crippen LogP contribution in [0.15, 0.2) is 0 Å². The summed E-state index contributed by atoms with van der Waals surface area (Å²) in [5.74, 6) is -0.812. The normalized spacial score (nSPS) is 27.8. The van der Waals surface area contributed by atoms with Gasteiger partial charge >= 0.3 is 0 Å². The van der Waals surface area contributed by atoms with Crippen LogP contribution in [-0.4, -0.2) is 35.0 Å². The minimum Gasteiger partial charge on any atom is -0.383 e. The van der Waals surface area contributed by atoms with Gasteiger partial charge in [0, 0.05) is 7.05 Å². The zero-order valence-corrected chi connectivity index (χ0v) is 5.00. The Morgan fingerprint density at radius 1 is 1.67 bits per heavy atom. The Balaban J connectivity index is 2.77. The lowest BCUT2D eigenvalue weighted by molar-refractivity contribution is -0.139. The summed E-state index contributed by atoms with van der Waals surface area (Å²) < 4.78 is 0. The van der Waals surface area contributed by atoms with Gasteiger partial charge in [0.2, 0.25) is 5.91 Å². The van der Waals surface area contributed by atoms with Gasteiger partial charge in [0.25, 0.3) is 5.91 Å². The van der Waals surface area contributed by atoms with Gasteiger partial charge in [0.1, 0.15) is 6.10 Å². The van der Waals surface area contributed by atoms with Gasteiger partial charge in [-0.2, -0.15) is 0 Å². The van der Waals surface area contributed by atoms with Gasteiger partial charge in [-0.15, -0.1) is 0 Å². The highest BCUT2D eigenvalue weighted by Crippen LogP contribution is 2.08. The maximum absolute atomic E-state index is 10.6. The molecule has 0 radical (unpaired) electrons. The van der Waals surface area contributed by atoms with Gasteiger partial charge in [-0.3, -0.25) is 14.5 Å². The lowest BCUT2D eigenvalue weighted by Crippen LogP contribution is -2.27. The second-order valence-corrected chi connectivity index (χ2v) is 2.01. The average Bonchev–Trinajstić information content (AvgIpc) is 1.98. The standard InChI is InChI=1S/C5H7NO3/c1-6-4(8)2-3(7)5(6)9/h3,7H,2H2,1H3. The molecule has 1 aliphatic rings. The number of nitrogens with zero attached hydrogens (tertiary/aromatic N) is 1. The maximum Gasteiger partial charge on any atom is 0.258 e. The Bertz CT molecular complexity index is 166. The third-order valence-electron chi connectivity index (χ3n) is 1.36. The number of hydrogen-bond acceptors (Lipinski definition) is 3. The summed E-state index contributed by atoms with van der Waals surface area (Å²) in [4.78, 5) is 22.0. The molecule has 4 heteroatoms. The van der Waals surface area contributed by atoms with Gasteiger partial charge in [-0.25, -0.2) is 0 Å². The van der Waals surface area contributed by atoms with Crippen molar-refractivity contribution in [1.82, 2.24) is 4.90 Å². The highest BCUT2D eigenvalue weighted by Gasteiger charge is 2.33. The molecule has 1 atom stereocenters. The van der Waals surface area contributed by atoms with E-state index in [9.17, 15) is 9.59 Å². The predicted molar refractivity (Wildman–Crippen MR) is 28.4 cm³/mol. The van der Waals surface area contributed by atoms with E-state index >= 15 is 0 Å². The molecule has 50 valence electrons. The maximum atomic E-state index is 10.6. The highest BCUT2D eigenvalue weighted by molar-refractivity contribution is 6.04. The fourth-order valence-corrected chi connectivity index (χ4v) is 0.736. The van der Waals surface area contributed by atoms with E-state index in [1.54, 1.807) is 0 Å². The number of likely N-dealkylation sites (tertiary alicyclic amines) is 1. The smallest absolute Gasteiger partial charge is 0.258 e. The number of carbonyl (C=O) groups is 2. The first-order chi connectivity index (χ1) is 4.13. The summed E-state index contributed by atoms with van der Waals surface area (Å²) in [7, 11) is 1.36. The number of amides is 2. The summed E-state index contributed by atoms with van der Waals surface area (Å²) in [6, 6.07) is 0. The van der Waals surface area contributed by atoms with E-state index in [0.29, 0.717) is 0 Å². The molecule has 0 aromatic rings. The molecule has 0 saturated carbocycles. The van der Waals surface area contributed by atoms with Crippen LogP contribution >= 0.6 is 0 Å². The van der Waals surface area contributed by atoms with Crippen molar-refractivity contribution in [1.29, 1.82) is 0 Å². The number of hydrogen-bond donors (Lipinski definition) is 1. The lowest BCUT2D eigenvalue weighted by Gasteiger charge is -2.02. The van der Waals surface area contributed by atoms with Gasteiger partial charge in [0.05, 0.1) is 6.42 Å². The monoisotopic (exact) mass is 129 g/mol. The summed E-state index contributed by atoms with van der Waals surface area (Å²) in [6.07, 6.45) is -1.16. The van der Waals surface area contributed by atoms with E-state index < -0.39 is 12.0 Å². The van der Waals surface area contributed by atoms with E-state index in [2.05, 4.69) is 0 Å². The fourth-order valence-electron chi connectivity index (χ4n) is 0.736. The van der Waals surface area contributed by atoms with E-state index in [1.165, 1.54) is 7.05 Å². The van der Waals surface area contributed by atoms with Crippen LogP contribution in [0.3, 0.4) is 0 Å². The van der Waals surface area contributed by atoms with Crippen LogP contribution in [0.4, 0.5) is 0 Å². The SMILES string of the molecule is CN1C(=O)CC(O)C1=O. The van der Waals surface area contributed by atoms with E-state index in [-0.39, 0.29) is 12.3 Å². The number of likely N-dealkylation sites (N-methyl/N-ethyl adjacent to an activating group) is 1. The van der Waals surface area contributed by atoms with Crippen molar-refractivity contribution < 1.29 is 14.7 Å². The minimum atomic E-state index is -1.09. The number of aliphatic hydroxyl groups is 1. The van der Waals surface area contributed by atoms with Crippen molar-refractivity contribution in [2.45, 2.75) is 12.5 Å². The van der Waals surface area contributed by atoms with Gasteiger partial charge < -0.3 is 5.11 Å². The third-order valence-corrected chi connectivity index (χ3v) is 1.36. The molecular weight excluding hydrogens is 122 g/mol. The Morgan fingerprint density at radius 2 is 2.22 bits per heavy atom. The fraction of sp³-hybridized carbons (Fsp3) is 0.600. The molecule has 0 aromatic heterocycles. The Kier molecular flexibility index (Phi) is 1.25. The quantitative estimate of drug-likeness (QED) is 0.415. The van der Waals surface area contributed by atoms with Crippen molar-refractivity contribution in [2.24, 2.45) is 0 Å². The number of imide groups is 1. The molecule has 0 bridgehead atoms. The van der Waals surface area contributed by atoms with Crippen molar-refractivity contribution in [3.63, 3.8) is 0 Å². The molecule has 1 rings (SSSR count). The first-order valence-corrected chi connectivity index (χ1v) is 2.61. The van der Waals surface area contributed by atoms with Crippen LogP contribution in [0.2, 0.25) is 0 Å². The Hall–Kier alpha value is -0.900. The molecule has 1 N–H and O–H groups in total. The summed E-state index contributed by atoms with van der Waals surface area (Å²) >= 11 is 0. The summed E-state index contributed by atoms with van der Waals surface area (Å²) in [5.41, 5.74) is 0. The Labute approximate surface area is 52.1 Å². The molecule has 1 aliphatic heterocycles. The molecule has 1 unspecified atom stereocenters. The molecule has 0 spiro atoms. The van der Waals surface area contributed by atoms with E-state index in [1.807, 2.05) is 0 Å². The van der Waals surface area contributed by atoms with Crippen molar-refractivity contribution in [2.75, 3.05) is 7.05 Å². The van der Waals surface area contributed by atoms with Gasteiger partial charge in [-0.1, -0.05) is 0 Å². The Morgan fingerprint density at radius 3 is 2.33 bits per heavy atom. The van der Waals surface area contributed by atoms with Crippen LogP contribution in [0.5, 0.6) is 0 Å². The lowest BCUT2D eigenvalue weighted by atomic mass is 10.3. The topological polar surface area (TPSA) is 57.6 Å². The third kappa shape index (κ3) is 0.810. The minimum absolute atomic E-state index is 0.0602. The van der Waals surface area contributed by atoms with Crippen LogP contribution in [0.25, 0.3) is 0 Å². The van der Waals surface area contributed by atoms with Gasteiger partial charge in [0.15, 0.2) is 0 Å². The van der Waals surface area contributed by atoms with Crippen LogP contribution in [0, 0.1) is 0 Å². The number of carbonyl (C=O) groups excluding carboxylic acids is 2. The van der Waals surface area contributed by atoms with E-state index in [0.717, 1.165) is 4.90 Å². The predicted octanol–water partition coefficient (Wildman–Crippen LogP) is -1.26. The second kappa shape index (κ2) is 1.80. The zero-order chi connectivity index (χ0) is 7.02. The first-order valence-electron chi connectivity index (χ1n) is 2.61. The molecule has 1 fully saturated rings. The van der Waals surface area contributed by atoms with Crippen LogP contribution in [-0.2, 0) is 9.59 Å². The molecule has 0 aromatic carbocycles. The molecule has 2 amide bonds. The molecule has 0 aliphatic carbocycles. The largest absolute Gasteiger partial charge is 0.383 e. The van der Waals surface area contributed by atoms with Gasteiger partial charge in [-0.05, 0) is 0 Å².